The Labute approximate surface area is 111 Å². The Bertz CT molecular complexity index is 681. The van der Waals surface area contributed by atoms with Gasteiger partial charge < -0.3 is 5.73 Å². The number of nitrogens with two attached hydrogens (primary N) is 1. The molecule has 19 heavy (non-hydrogen) atoms. The predicted molar refractivity (Wildman–Crippen MR) is 75.1 cm³/mol. The third-order valence-corrected chi connectivity index (χ3v) is 2.82. The van der Waals surface area contributed by atoms with Crippen molar-refractivity contribution in [2.45, 2.75) is 0 Å². The van der Waals surface area contributed by atoms with Gasteiger partial charge in [-0.15, -0.1) is 0 Å². The molecule has 4 heteroatoms. The largest absolute Gasteiger partial charge is 0.397 e. The first-order valence-electron chi connectivity index (χ1n) is 5.91. The van der Waals surface area contributed by atoms with Crippen LogP contribution in [0.1, 0.15) is 0 Å². The number of rotatable bonds is 2. The number of nitrogens with zero attached hydrogens (tertiary/aromatic N) is 3. The molecule has 0 aromatic carbocycles. The summed E-state index contributed by atoms with van der Waals surface area (Å²) in [6, 6.07) is 9.66. The van der Waals surface area contributed by atoms with E-state index < -0.39 is 0 Å². The first kappa shape index (κ1) is 11.3. The highest BCUT2D eigenvalue weighted by Gasteiger charge is 2.09. The van der Waals surface area contributed by atoms with E-state index in [0.717, 1.165) is 22.4 Å². The standard InChI is InChI=1S/C15H12N4/c16-13-7-14(11-3-1-5-17-8-11)15(19-10-13)12-4-2-6-18-9-12/h1-10H,16H2. The van der Waals surface area contributed by atoms with E-state index in [4.69, 9.17) is 5.73 Å². The lowest BCUT2D eigenvalue weighted by Crippen LogP contribution is -1.94. The quantitative estimate of drug-likeness (QED) is 0.757. The van der Waals surface area contributed by atoms with Gasteiger partial charge in [-0.1, -0.05) is 6.07 Å². The maximum absolute atomic E-state index is 5.84. The lowest BCUT2D eigenvalue weighted by atomic mass is 10.0. The summed E-state index contributed by atoms with van der Waals surface area (Å²) in [7, 11) is 0. The maximum Gasteiger partial charge on any atom is 0.0797 e. The normalized spacial score (nSPS) is 10.3. The molecule has 0 atom stereocenters. The molecule has 0 aliphatic carbocycles. The highest BCUT2D eigenvalue weighted by molar-refractivity contribution is 5.81. The first-order valence-corrected chi connectivity index (χ1v) is 5.91. The molecule has 0 radical (unpaired) electrons. The van der Waals surface area contributed by atoms with Crippen molar-refractivity contribution in [3.8, 4) is 22.4 Å². The summed E-state index contributed by atoms with van der Waals surface area (Å²) in [5.74, 6) is 0. The zero-order valence-corrected chi connectivity index (χ0v) is 10.2. The SMILES string of the molecule is Nc1cnc(-c2cccnc2)c(-c2cccnc2)c1. The van der Waals surface area contributed by atoms with Gasteiger partial charge >= 0.3 is 0 Å². The molecule has 0 amide bonds. The average Bonchev–Trinajstić information content (AvgIpc) is 2.49. The summed E-state index contributed by atoms with van der Waals surface area (Å²) in [5.41, 5.74) is 10.2. The first-order chi connectivity index (χ1) is 9.34. The molecule has 0 saturated heterocycles. The van der Waals surface area contributed by atoms with Crippen molar-refractivity contribution in [1.82, 2.24) is 15.0 Å². The molecule has 0 saturated carbocycles. The van der Waals surface area contributed by atoms with Gasteiger partial charge in [-0.25, -0.2) is 0 Å². The number of aromatic nitrogens is 3. The molecule has 0 spiro atoms. The average molecular weight is 248 g/mol. The molecule has 2 N–H and O–H groups in total. The zero-order chi connectivity index (χ0) is 13.1. The van der Waals surface area contributed by atoms with Crippen LogP contribution in [0.3, 0.4) is 0 Å². The van der Waals surface area contributed by atoms with Gasteiger partial charge in [0.05, 0.1) is 17.6 Å². The van der Waals surface area contributed by atoms with Crippen LogP contribution < -0.4 is 5.73 Å². The number of nitrogen functional groups attached to an aromatic ring is 1. The van der Waals surface area contributed by atoms with Crippen LogP contribution in [0.25, 0.3) is 22.4 Å². The Balaban J connectivity index is 2.21. The topological polar surface area (TPSA) is 64.7 Å². The fraction of sp³-hybridized carbons (Fsp3) is 0. The second-order valence-corrected chi connectivity index (χ2v) is 4.15. The van der Waals surface area contributed by atoms with Crippen molar-refractivity contribution in [3.05, 3.63) is 61.3 Å². The molecule has 0 bridgehead atoms. The molecule has 92 valence electrons. The van der Waals surface area contributed by atoms with Gasteiger partial charge in [0.1, 0.15) is 0 Å². The van der Waals surface area contributed by atoms with Gasteiger partial charge in [-0.05, 0) is 24.3 Å². The smallest absolute Gasteiger partial charge is 0.0797 e. The highest BCUT2D eigenvalue weighted by Crippen LogP contribution is 2.30. The molecular weight excluding hydrogens is 236 g/mol. The zero-order valence-electron chi connectivity index (χ0n) is 10.2. The molecule has 0 fully saturated rings. The number of anilines is 1. The molecule has 3 rings (SSSR count). The number of hydrogen-bond donors (Lipinski definition) is 1. The third kappa shape index (κ3) is 2.28. The van der Waals surface area contributed by atoms with Crippen molar-refractivity contribution in [3.63, 3.8) is 0 Å². The van der Waals surface area contributed by atoms with E-state index in [2.05, 4.69) is 15.0 Å². The summed E-state index contributed by atoms with van der Waals surface area (Å²) >= 11 is 0. The van der Waals surface area contributed by atoms with E-state index in [1.807, 2.05) is 30.3 Å². The van der Waals surface area contributed by atoms with Gasteiger partial charge in [-0.3, -0.25) is 15.0 Å². The van der Waals surface area contributed by atoms with E-state index in [-0.39, 0.29) is 0 Å². The van der Waals surface area contributed by atoms with Crippen LogP contribution in [0.2, 0.25) is 0 Å². The number of hydrogen-bond acceptors (Lipinski definition) is 4. The Morgan fingerprint density at radius 1 is 0.842 bits per heavy atom. The third-order valence-electron chi connectivity index (χ3n) is 2.82. The van der Waals surface area contributed by atoms with Gasteiger partial charge in [0, 0.05) is 41.5 Å². The van der Waals surface area contributed by atoms with Crippen molar-refractivity contribution in [2.75, 3.05) is 5.73 Å². The van der Waals surface area contributed by atoms with Crippen LogP contribution in [0, 0.1) is 0 Å². The van der Waals surface area contributed by atoms with Gasteiger partial charge in [0.15, 0.2) is 0 Å². The van der Waals surface area contributed by atoms with Crippen molar-refractivity contribution in [1.29, 1.82) is 0 Å². The summed E-state index contributed by atoms with van der Waals surface area (Å²) in [6.45, 7) is 0. The van der Waals surface area contributed by atoms with E-state index in [1.54, 1.807) is 31.0 Å². The lowest BCUT2D eigenvalue weighted by Gasteiger charge is -2.09. The van der Waals surface area contributed by atoms with E-state index >= 15 is 0 Å². The fourth-order valence-corrected chi connectivity index (χ4v) is 1.96. The Morgan fingerprint density at radius 3 is 2.16 bits per heavy atom. The Hall–Kier alpha value is -2.75. The van der Waals surface area contributed by atoms with Gasteiger partial charge in [-0.2, -0.15) is 0 Å². The fourth-order valence-electron chi connectivity index (χ4n) is 1.96. The molecule has 4 nitrogen and oxygen atoms in total. The lowest BCUT2D eigenvalue weighted by molar-refractivity contribution is 1.27. The molecule has 0 aliphatic rings. The van der Waals surface area contributed by atoms with Crippen molar-refractivity contribution in [2.24, 2.45) is 0 Å². The second-order valence-electron chi connectivity index (χ2n) is 4.15. The van der Waals surface area contributed by atoms with Gasteiger partial charge in [0.25, 0.3) is 0 Å². The minimum Gasteiger partial charge on any atom is -0.397 e. The molecular formula is C15H12N4. The Morgan fingerprint density at radius 2 is 1.53 bits per heavy atom. The van der Waals surface area contributed by atoms with E-state index in [0.29, 0.717) is 5.69 Å². The summed E-state index contributed by atoms with van der Waals surface area (Å²) < 4.78 is 0. The van der Waals surface area contributed by atoms with Gasteiger partial charge in [0.2, 0.25) is 0 Å². The van der Waals surface area contributed by atoms with E-state index in [9.17, 15) is 0 Å². The summed E-state index contributed by atoms with van der Waals surface area (Å²) in [6.07, 6.45) is 8.73. The monoisotopic (exact) mass is 248 g/mol. The van der Waals surface area contributed by atoms with Crippen LogP contribution in [-0.2, 0) is 0 Å². The molecule has 3 aromatic heterocycles. The maximum atomic E-state index is 5.84. The Kier molecular flexibility index (Phi) is 2.90. The predicted octanol–water partition coefficient (Wildman–Crippen LogP) is 2.79. The molecule has 3 heterocycles. The van der Waals surface area contributed by atoms with Crippen molar-refractivity contribution >= 4 is 5.69 Å². The van der Waals surface area contributed by atoms with E-state index in [1.165, 1.54) is 0 Å². The molecule has 3 aromatic rings. The minimum absolute atomic E-state index is 0.631. The minimum atomic E-state index is 0.631. The summed E-state index contributed by atoms with van der Waals surface area (Å²) in [4.78, 5) is 12.7. The van der Waals surface area contributed by atoms with Crippen LogP contribution in [0.15, 0.2) is 61.3 Å². The van der Waals surface area contributed by atoms with Crippen LogP contribution in [-0.4, -0.2) is 15.0 Å². The molecule has 0 unspecified atom stereocenters. The van der Waals surface area contributed by atoms with Crippen LogP contribution in [0.4, 0.5) is 5.69 Å². The second kappa shape index (κ2) is 4.86. The van der Waals surface area contributed by atoms with Crippen molar-refractivity contribution < 1.29 is 0 Å². The summed E-state index contributed by atoms with van der Waals surface area (Å²) in [5, 5.41) is 0. The molecule has 0 aliphatic heterocycles. The van der Waals surface area contributed by atoms with Crippen LogP contribution >= 0.6 is 0 Å². The number of pyridine rings is 3. The highest BCUT2D eigenvalue weighted by atomic mass is 14.7. The van der Waals surface area contributed by atoms with Crippen LogP contribution in [0.5, 0.6) is 0 Å².